The molecular formula is C15H23NO3. The minimum absolute atomic E-state index is 0.0291. The van der Waals surface area contributed by atoms with E-state index in [1.807, 2.05) is 0 Å². The number of carbonyl (C=O) groups is 2. The third kappa shape index (κ3) is 3.28. The Morgan fingerprint density at radius 1 is 0.895 bits per heavy atom. The van der Waals surface area contributed by atoms with Gasteiger partial charge in [-0.25, -0.2) is 0 Å². The number of amides is 1. The summed E-state index contributed by atoms with van der Waals surface area (Å²) in [5, 5.41) is 9.04. The van der Waals surface area contributed by atoms with E-state index in [0.29, 0.717) is 12.8 Å². The summed E-state index contributed by atoms with van der Waals surface area (Å²) >= 11 is 0. The third-order valence-corrected chi connectivity index (χ3v) is 4.79. The Balaban J connectivity index is 1.57. The fourth-order valence-electron chi connectivity index (χ4n) is 3.17. The van der Waals surface area contributed by atoms with Crippen LogP contribution in [0.5, 0.6) is 0 Å². The highest BCUT2D eigenvalue weighted by atomic mass is 16.4. The van der Waals surface area contributed by atoms with Gasteiger partial charge in [-0.05, 0) is 56.8 Å². The van der Waals surface area contributed by atoms with Crippen molar-refractivity contribution in [3.05, 3.63) is 0 Å². The molecule has 3 rings (SSSR count). The van der Waals surface area contributed by atoms with Gasteiger partial charge >= 0.3 is 5.97 Å². The van der Waals surface area contributed by atoms with Gasteiger partial charge in [-0.3, -0.25) is 9.59 Å². The minimum atomic E-state index is -0.730. The minimum Gasteiger partial charge on any atom is -0.481 e. The lowest BCUT2D eigenvalue weighted by Crippen LogP contribution is -2.38. The molecule has 0 unspecified atom stereocenters. The van der Waals surface area contributed by atoms with Crippen LogP contribution < -0.4 is 0 Å². The van der Waals surface area contributed by atoms with Gasteiger partial charge in [0.25, 0.3) is 0 Å². The van der Waals surface area contributed by atoms with Gasteiger partial charge in [0, 0.05) is 19.0 Å². The van der Waals surface area contributed by atoms with E-state index >= 15 is 0 Å². The highest BCUT2D eigenvalue weighted by Crippen LogP contribution is 2.37. The van der Waals surface area contributed by atoms with Gasteiger partial charge in [0.15, 0.2) is 0 Å². The van der Waals surface area contributed by atoms with E-state index < -0.39 is 5.97 Å². The molecule has 0 saturated heterocycles. The Morgan fingerprint density at radius 3 is 1.84 bits per heavy atom. The molecule has 0 aliphatic heterocycles. The summed E-state index contributed by atoms with van der Waals surface area (Å²) in [5.41, 5.74) is 0. The average molecular weight is 265 g/mol. The summed E-state index contributed by atoms with van der Waals surface area (Å²) in [6, 6.07) is 0. The molecule has 3 saturated carbocycles. The molecule has 3 aliphatic carbocycles. The van der Waals surface area contributed by atoms with Crippen LogP contribution in [0, 0.1) is 23.7 Å². The van der Waals surface area contributed by atoms with Crippen molar-refractivity contribution >= 4 is 11.9 Å². The molecule has 0 aromatic carbocycles. The Labute approximate surface area is 114 Å². The summed E-state index contributed by atoms with van der Waals surface area (Å²) in [4.78, 5) is 25.6. The Morgan fingerprint density at radius 2 is 1.42 bits per heavy atom. The average Bonchev–Trinajstić information content (AvgIpc) is 3.29. The molecule has 2 atom stereocenters. The second-order valence-corrected chi connectivity index (χ2v) is 6.68. The van der Waals surface area contributed by atoms with Gasteiger partial charge < -0.3 is 10.0 Å². The monoisotopic (exact) mass is 265 g/mol. The molecule has 1 amide bonds. The van der Waals surface area contributed by atoms with E-state index in [1.165, 1.54) is 25.7 Å². The molecule has 19 heavy (non-hydrogen) atoms. The highest BCUT2D eigenvalue weighted by Gasteiger charge is 2.38. The molecule has 4 nitrogen and oxygen atoms in total. The van der Waals surface area contributed by atoms with Gasteiger partial charge in [0.2, 0.25) is 5.91 Å². The highest BCUT2D eigenvalue weighted by molar-refractivity contribution is 5.81. The molecule has 3 aliphatic rings. The van der Waals surface area contributed by atoms with Crippen LogP contribution in [0.25, 0.3) is 0 Å². The number of aliphatic carboxylic acids is 1. The topological polar surface area (TPSA) is 57.6 Å². The van der Waals surface area contributed by atoms with Gasteiger partial charge in [-0.15, -0.1) is 0 Å². The predicted octanol–water partition coefficient (Wildman–Crippen LogP) is 2.14. The van der Waals surface area contributed by atoms with Crippen LogP contribution in [0.4, 0.5) is 0 Å². The second-order valence-electron chi connectivity index (χ2n) is 6.68. The fourth-order valence-corrected chi connectivity index (χ4v) is 3.17. The summed E-state index contributed by atoms with van der Waals surface area (Å²) in [6.07, 6.45) is 7.04. The van der Waals surface area contributed by atoms with Crippen LogP contribution in [-0.2, 0) is 9.59 Å². The van der Waals surface area contributed by atoms with Crippen molar-refractivity contribution in [3.8, 4) is 0 Å². The van der Waals surface area contributed by atoms with E-state index in [4.69, 9.17) is 5.11 Å². The summed E-state index contributed by atoms with van der Waals surface area (Å²) in [7, 11) is 0. The van der Waals surface area contributed by atoms with E-state index in [-0.39, 0.29) is 17.7 Å². The molecule has 0 radical (unpaired) electrons. The number of carboxylic acid groups (broad SMARTS) is 1. The molecule has 0 bridgehead atoms. The summed E-state index contributed by atoms with van der Waals surface area (Å²) in [5.74, 6) is 0.629. The molecule has 0 spiro atoms. The number of carboxylic acids is 1. The van der Waals surface area contributed by atoms with E-state index in [2.05, 4.69) is 4.90 Å². The van der Waals surface area contributed by atoms with Crippen molar-refractivity contribution in [1.82, 2.24) is 4.90 Å². The van der Waals surface area contributed by atoms with Crippen molar-refractivity contribution in [2.45, 2.75) is 44.9 Å². The van der Waals surface area contributed by atoms with Crippen molar-refractivity contribution in [2.24, 2.45) is 23.7 Å². The standard InChI is InChI=1S/C15H23NO3/c17-14(12-5-6-13(7-12)15(18)19)16(8-10-1-2-10)9-11-3-4-11/h10-13H,1-9H2,(H,18,19)/t12-,13+/m1/s1. The van der Waals surface area contributed by atoms with Gasteiger partial charge in [-0.1, -0.05) is 0 Å². The van der Waals surface area contributed by atoms with E-state index in [0.717, 1.165) is 31.3 Å². The van der Waals surface area contributed by atoms with E-state index in [9.17, 15) is 9.59 Å². The number of hydrogen-bond acceptors (Lipinski definition) is 2. The summed E-state index contributed by atoms with van der Waals surface area (Å²) < 4.78 is 0. The lowest BCUT2D eigenvalue weighted by molar-refractivity contribution is -0.141. The molecule has 106 valence electrons. The number of nitrogens with zero attached hydrogens (tertiary/aromatic N) is 1. The van der Waals surface area contributed by atoms with Gasteiger partial charge in [-0.2, -0.15) is 0 Å². The third-order valence-electron chi connectivity index (χ3n) is 4.79. The van der Waals surface area contributed by atoms with Crippen LogP contribution >= 0.6 is 0 Å². The SMILES string of the molecule is O=C(O)[C@H]1CC[C@@H](C(=O)N(CC2CC2)CC2CC2)C1. The zero-order valence-corrected chi connectivity index (χ0v) is 11.4. The Hall–Kier alpha value is -1.06. The summed E-state index contributed by atoms with van der Waals surface area (Å²) in [6.45, 7) is 1.84. The van der Waals surface area contributed by atoms with Crippen LogP contribution in [-0.4, -0.2) is 35.0 Å². The van der Waals surface area contributed by atoms with Crippen LogP contribution in [0.15, 0.2) is 0 Å². The fraction of sp³-hybridized carbons (Fsp3) is 0.867. The van der Waals surface area contributed by atoms with Crippen LogP contribution in [0.3, 0.4) is 0 Å². The first-order valence-corrected chi connectivity index (χ1v) is 7.65. The quantitative estimate of drug-likeness (QED) is 0.800. The second kappa shape index (κ2) is 5.14. The molecule has 1 N–H and O–H groups in total. The molecule has 0 aromatic heterocycles. The number of hydrogen-bond donors (Lipinski definition) is 1. The van der Waals surface area contributed by atoms with Gasteiger partial charge in [0.05, 0.1) is 5.92 Å². The van der Waals surface area contributed by atoms with E-state index in [1.54, 1.807) is 0 Å². The van der Waals surface area contributed by atoms with Crippen molar-refractivity contribution in [1.29, 1.82) is 0 Å². The zero-order chi connectivity index (χ0) is 13.4. The molecule has 4 heteroatoms. The first kappa shape index (κ1) is 12.9. The van der Waals surface area contributed by atoms with Crippen molar-refractivity contribution in [3.63, 3.8) is 0 Å². The number of rotatable bonds is 6. The predicted molar refractivity (Wildman–Crippen MR) is 70.5 cm³/mol. The van der Waals surface area contributed by atoms with Gasteiger partial charge in [0.1, 0.15) is 0 Å². The maximum absolute atomic E-state index is 12.6. The molecular weight excluding hydrogens is 242 g/mol. The Bertz CT molecular complexity index is 360. The maximum atomic E-state index is 12.6. The normalized spacial score (nSPS) is 30.3. The van der Waals surface area contributed by atoms with Crippen LogP contribution in [0.2, 0.25) is 0 Å². The zero-order valence-electron chi connectivity index (χ0n) is 11.4. The molecule has 0 heterocycles. The first-order valence-electron chi connectivity index (χ1n) is 7.65. The van der Waals surface area contributed by atoms with Crippen molar-refractivity contribution in [2.75, 3.05) is 13.1 Å². The maximum Gasteiger partial charge on any atom is 0.306 e. The smallest absolute Gasteiger partial charge is 0.306 e. The number of carbonyl (C=O) groups excluding carboxylic acids is 1. The lowest BCUT2D eigenvalue weighted by Gasteiger charge is -2.25. The molecule has 3 fully saturated rings. The lowest BCUT2D eigenvalue weighted by atomic mass is 10.0. The first-order chi connectivity index (χ1) is 9.13. The largest absolute Gasteiger partial charge is 0.481 e. The van der Waals surface area contributed by atoms with Crippen LogP contribution in [0.1, 0.15) is 44.9 Å². The van der Waals surface area contributed by atoms with Crippen molar-refractivity contribution < 1.29 is 14.7 Å². The molecule has 0 aromatic rings. The Kier molecular flexibility index (Phi) is 3.50.